The van der Waals surface area contributed by atoms with E-state index in [0.717, 1.165) is 12.1 Å². The van der Waals surface area contributed by atoms with E-state index in [2.05, 4.69) is 10.6 Å². The van der Waals surface area contributed by atoms with Gasteiger partial charge in [0.15, 0.2) is 0 Å². The molecule has 2 N–H and O–H groups in total. The third-order valence-corrected chi connectivity index (χ3v) is 2.05. The first-order valence-electron chi connectivity index (χ1n) is 4.79. The zero-order valence-electron chi connectivity index (χ0n) is 8.58. The van der Waals surface area contributed by atoms with Gasteiger partial charge in [0.1, 0.15) is 6.04 Å². The zero-order chi connectivity index (χ0) is 10.4. The van der Waals surface area contributed by atoms with Crippen LogP contribution in [0.4, 0.5) is 0 Å². The summed E-state index contributed by atoms with van der Waals surface area (Å²) in [6.07, 6.45) is 0. The third kappa shape index (κ3) is 2.57. The van der Waals surface area contributed by atoms with Gasteiger partial charge in [-0.2, -0.15) is 0 Å². The molecule has 3 heteroatoms. The SMILES string of the molecule is CCNC(C(=O)NC)c1ccccc1. The number of benzene rings is 1. The van der Waals surface area contributed by atoms with Crippen molar-refractivity contribution in [1.82, 2.24) is 10.6 Å². The van der Waals surface area contributed by atoms with Gasteiger partial charge in [-0.15, -0.1) is 0 Å². The van der Waals surface area contributed by atoms with Crippen LogP contribution in [0.5, 0.6) is 0 Å². The van der Waals surface area contributed by atoms with Gasteiger partial charge in [-0.3, -0.25) is 4.79 Å². The smallest absolute Gasteiger partial charge is 0.241 e. The standard InChI is InChI=1S/C11H16N2O/c1-3-13-10(11(14)12-2)9-7-5-4-6-8-9/h4-8,10,13H,3H2,1-2H3,(H,12,14). The van der Waals surface area contributed by atoms with E-state index < -0.39 is 0 Å². The molecular weight excluding hydrogens is 176 g/mol. The summed E-state index contributed by atoms with van der Waals surface area (Å²) in [5.41, 5.74) is 0.994. The lowest BCUT2D eigenvalue weighted by Crippen LogP contribution is -2.35. The van der Waals surface area contributed by atoms with Crippen molar-refractivity contribution < 1.29 is 4.79 Å². The molecule has 0 aromatic heterocycles. The maximum absolute atomic E-state index is 11.5. The molecule has 0 aliphatic heterocycles. The number of rotatable bonds is 4. The van der Waals surface area contributed by atoms with Gasteiger partial charge in [-0.25, -0.2) is 0 Å². The highest BCUT2D eigenvalue weighted by molar-refractivity contribution is 5.82. The predicted molar refractivity (Wildman–Crippen MR) is 56.9 cm³/mol. The molecular formula is C11H16N2O. The van der Waals surface area contributed by atoms with E-state index in [0.29, 0.717) is 0 Å². The number of carbonyl (C=O) groups is 1. The minimum Gasteiger partial charge on any atom is -0.358 e. The Morgan fingerprint density at radius 1 is 1.36 bits per heavy atom. The molecule has 0 bridgehead atoms. The fourth-order valence-electron chi connectivity index (χ4n) is 1.36. The number of hydrogen-bond acceptors (Lipinski definition) is 2. The van der Waals surface area contributed by atoms with Crippen LogP contribution in [0.3, 0.4) is 0 Å². The van der Waals surface area contributed by atoms with E-state index >= 15 is 0 Å². The van der Waals surface area contributed by atoms with Gasteiger partial charge in [-0.1, -0.05) is 37.3 Å². The van der Waals surface area contributed by atoms with E-state index in [4.69, 9.17) is 0 Å². The molecule has 1 aromatic rings. The van der Waals surface area contributed by atoms with E-state index in [9.17, 15) is 4.79 Å². The lowest BCUT2D eigenvalue weighted by Gasteiger charge is -2.16. The molecule has 1 amide bonds. The number of hydrogen-bond donors (Lipinski definition) is 2. The topological polar surface area (TPSA) is 41.1 Å². The predicted octanol–water partition coefficient (Wildman–Crippen LogP) is 1.08. The second-order valence-corrected chi connectivity index (χ2v) is 3.02. The summed E-state index contributed by atoms with van der Waals surface area (Å²) in [6, 6.07) is 9.46. The molecule has 1 atom stereocenters. The summed E-state index contributed by atoms with van der Waals surface area (Å²) in [6.45, 7) is 2.76. The third-order valence-electron chi connectivity index (χ3n) is 2.05. The Bertz CT molecular complexity index is 285. The van der Waals surface area contributed by atoms with Gasteiger partial charge in [-0.05, 0) is 12.1 Å². The maximum atomic E-state index is 11.5. The maximum Gasteiger partial charge on any atom is 0.241 e. The molecule has 0 aliphatic carbocycles. The van der Waals surface area contributed by atoms with Crippen LogP contribution in [0.25, 0.3) is 0 Å². The Kier molecular flexibility index (Phi) is 4.13. The van der Waals surface area contributed by atoms with Crippen molar-refractivity contribution >= 4 is 5.91 Å². The van der Waals surface area contributed by atoms with Gasteiger partial charge >= 0.3 is 0 Å². The summed E-state index contributed by atoms with van der Waals surface area (Å²) in [5, 5.41) is 5.78. The van der Waals surface area contributed by atoms with E-state index in [1.165, 1.54) is 0 Å². The van der Waals surface area contributed by atoms with Crippen LogP contribution in [0.2, 0.25) is 0 Å². The van der Waals surface area contributed by atoms with Gasteiger partial charge < -0.3 is 10.6 Å². The molecule has 76 valence electrons. The largest absolute Gasteiger partial charge is 0.358 e. The summed E-state index contributed by atoms with van der Waals surface area (Å²) in [4.78, 5) is 11.5. The molecule has 0 heterocycles. The first-order valence-corrected chi connectivity index (χ1v) is 4.79. The van der Waals surface area contributed by atoms with E-state index in [1.54, 1.807) is 7.05 Å². The van der Waals surface area contributed by atoms with Crippen molar-refractivity contribution in [2.24, 2.45) is 0 Å². The minimum atomic E-state index is -0.244. The summed E-state index contributed by atoms with van der Waals surface area (Å²) in [5.74, 6) is -0.00181. The van der Waals surface area contributed by atoms with Crippen LogP contribution in [0.1, 0.15) is 18.5 Å². The second-order valence-electron chi connectivity index (χ2n) is 3.02. The first-order chi connectivity index (χ1) is 6.79. The van der Waals surface area contributed by atoms with Crippen molar-refractivity contribution in [1.29, 1.82) is 0 Å². The fourth-order valence-corrected chi connectivity index (χ4v) is 1.36. The summed E-state index contributed by atoms with van der Waals surface area (Å²) < 4.78 is 0. The van der Waals surface area contributed by atoms with Crippen LogP contribution in [-0.2, 0) is 4.79 Å². The molecule has 0 fully saturated rings. The highest BCUT2D eigenvalue weighted by atomic mass is 16.2. The quantitative estimate of drug-likeness (QED) is 0.749. The van der Waals surface area contributed by atoms with Crippen LogP contribution in [0, 0.1) is 0 Å². The molecule has 14 heavy (non-hydrogen) atoms. The Labute approximate surface area is 84.5 Å². The number of likely N-dealkylation sites (N-methyl/N-ethyl adjacent to an activating group) is 2. The monoisotopic (exact) mass is 192 g/mol. The minimum absolute atomic E-state index is 0.00181. The van der Waals surface area contributed by atoms with E-state index in [1.807, 2.05) is 37.3 Å². The Hall–Kier alpha value is -1.35. The number of amides is 1. The number of nitrogens with one attached hydrogen (secondary N) is 2. The molecule has 1 aromatic carbocycles. The number of carbonyl (C=O) groups excluding carboxylic acids is 1. The normalized spacial score (nSPS) is 12.1. The lowest BCUT2D eigenvalue weighted by molar-refractivity contribution is -0.122. The summed E-state index contributed by atoms with van der Waals surface area (Å²) >= 11 is 0. The van der Waals surface area contributed by atoms with Gasteiger partial charge in [0.05, 0.1) is 0 Å². The molecule has 0 saturated heterocycles. The van der Waals surface area contributed by atoms with Gasteiger partial charge in [0, 0.05) is 7.05 Å². The van der Waals surface area contributed by atoms with E-state index in [-0.39, 0.29) is 11.9 Å². The Morgan fingerprint density at radius 2 is 2.00 bits per heavy atom. The van der Waals surface area contributed by atoms with Crippen LogP contribution in [0.15, 0.2) is 30.3 Å². The highest BCUT2D eigenvalue weighted by Gasteiger charge is 2.16. The molecule has 1 rings (SSSR count). The molecule has 1 unspecified atom stereocenters. The highest BCUT2D eigenvalue weighted by Crippen LogP contribution is 2.11. The van der Waals surface area contributed by atoms with Crippen LogP contribution < -0.4 is 10.6 Å². The van der Waals surface area contributed by atoms with Gasteiger partial charge in [0.2, 0.25) is 5.91 Å². The average Bonchev–Trinajstić information content (AvgIpc) is 2.26. The molecule has 0 radical (unpaired) electrons. The second kappa shape index (κ2) is 5.40. The Morgan fingerprint density at radius 3 is 2.50 bits per heavy atom. The van der Waals surface area contributed by atoms with Crippen LogP contribution >= 0.6 is 0 Å². The van der Waals surface area contributed by atoms with Crippen molar-refractivity contribution in [3.8, 4) is 0 Å². The lowest BCUT2D eigenvalue weighted by atomic mass is 10.1. The average molecular weight is 192 g/mol. The molecule has 0 saturated carbocycles. The van der Waals surface area contributed by atoms with Crippen molar-refractivity contribution in [3.05, 3.63) is 35.9 Å². The van der Waals surface area contributed by atoms with Crippen molar-refractivity contribution in [2.45, 2.75) is 13.0 Å². The van der Waals surface area contributed by atoms with Gasteiger partial charge in [0.25, 0.3) is 0 Å². The molecule has 3 nitrogen and oxygen atoms in total. The molecule has 0 aliphatic rings. The molecule has 0 spiro atoms. The summed E-state index contributed by atoms with van der Waals surface area (Å²) in [7, 11) is 1.65. The van der Waals surface area contributed by atoms with Crippen molar-refractivity contribution in [2.75, 3.05) is 13.6 Å². The fraction of sp³-hybridized carbons (Fsp3) is 0.364. The first kappa shape index (κ1) is 10.7. The van der Waals surface area contributed by atoms with Crippen molar-refractivity contribution in [3.63, 3.8) is 0 Å². The van der Waals surface area contributed by atoms with Crippen LogP contribution in [-0.4, -0.2) is 19.5 Å². The Balaban J connectivity index is 2.83. The zero-order valence-corrected chi connectivity index (χ0v) is 8.58.